The number of morpholine rings is 1. The highest BCUT2D eigenvalue weighted by Crippen LogP contribution is 2.19. The van der Waals surface area contributed by atoms with E-state index in [4.69, 9.17) is 10.5 Å². The third-order valence-electron chi connectivity index (χ3n) is 2.44. The van der Waals surface area contributed by atoms with Gasteiger partial charge in [0, 0.05) is 18.0 Å². The van der Waals surface area contributed by atoms with Crippen molar-refractivity contribution in [3.8, 4) is 0 Å². The van der Waals surface area contributed by atoms with E-state index in [2.05, 4.69) is 0 Å². The molecule has 82 valence electrons. The van der Waals surface area contributed by atoms with Crippen molar-refractivity contribution in [2.75, 3.05) is 26.3 Å². The molecule has 4 nitrogen and oxygen atoms in total. The molecule has 0 spiro atoms. The molecule has 1 atom stereocenters. The van der Waals surface area contributed by atoms with Crippen molar-refractivity contribution in [1.82, 2.24) is 4.90 Å². The summed E-state index contributed by atoms with van der Waals surface area (Å²) < 4.78 is 5.19. The summed E-state index contributed by atoms with van der Waals surface area (Å²) in [7, 11) is 0. The Morgan fingerprint density at radius 1 is 1.53 bits per heavy atom. The van der Waals surface area contributed by atoms with Gasteiger partial charge in [-0.05, 0) is 11.4 Å². The van der Waals surface area contributed by atoms with Gasteiger partial charge in [0.1, 0.15) is 6.04 Å². The zero-order valence-electron chi connectivity index (χ0n) is 8.39. The SMILES string of the molecule is NC(C(=O)N1CCOCC1)c1cccs1. The van der Waals surface area contributed by atoms with Gasteiger partial charge in [-0.2, -0.15) is 0 Å². The summed E-state index contributed by atoms with van der Waals surface area (Å²) >= 11 is 1.52. The molecule has 2 N–H and O–H groups in total. The molecule has 1 fully saturated rings. The standard InChI is InChI=1S/C10H14N2O2S/c11-9(8-2-1-7-15-8)10(13)12-3-5-14-6-4-12/h1-2,7,9H,3-6,11H2. The molecule has 0 aliphatic carbocycles. The van der Waals surface area contributed by atoms with Gasteiger partial charge in [-0.3, -0.25) is 4.79 Å². The Hall–Kier alpha value is -0.910. The van der Waals surface area contributed by atoms with E-state index in [1.54, 1.807) is 4.90 Å². The third kappa shape index (κ3) is 2.37. The van der Waals surface area contributed by atoms with Gasteiger partial charge in [0.05, 0.1) is 13.2 Å². The first-order chi connectivity index (χ1) is 7.29. The molecule has 0 saturated carbocycles. The Balaban J connectivity index is 2.00. The molecule has 2 rings (SSSR count). The lowest BCUT2D eigenvalue weighted by Crippen LogP contribution is -2.44. The van der Waals surface area contributed by atoms with Crippen LogP contribution in [0.4, 0.5) is 0 Å². The summed E-state index contributed by atoms with van der Waals surface area (Å²) in [5.74, 6) is 0.000694. The minimum Gasteiger partial charge on any atom is -0.378 e. The quantitative estimate of drug-likeness (QED) is 0.803. The van der Waals surface area contributed by atoms with Crippen LogP contribution in [-0.2, 0) is 9.53 Å². The molecule has 0 bridgehead atoms. The summed E-state index contributed by atoms with van der Waals surface area (Å²) in [5, 5.41) is 1.93. The highest BCUT2D eigenvalue weighted by atomic mass is 32.1. The van der Waals surface area contributed by atoms with Crippen LogP contribution in [0.25, 0.3) is 0 Å². The zero-order valence-corrected chi connectivity index (χ0v) is 9.20. The summed E-state index contributed by atoms with van der Waals surface area (Å²) in [6.45, 7) is 2.53. The van der Waals surface area contributed by atoms with Gasteiger partial charge in [0.2, 0.25) is 5.91 Å². The fourth-order valence-corrected chi connectivity index (χ4v) is 2.29. The van der Waals surface area contributed by atoms with E-state index in [1.165, 1.54) is 11.3 Å². The molecule has 1 saturated heterocycles. The average molecular weight is 226 g/mol. The number of carbonyl (C=O) groups excluding carboxylic acids is 1. The molecule has 0 radical (unpaired) electrons. The number of hydrogen-bond acceptors (Lipinski definition) is 4. The molecule has 0 aromatic carbocycles. The van der Waals surface area contributed by atoms with Gasteiger partial charge >= 0.3 is 0 Å². The van der Waals surface area contributed by atoms with Crippen LogP contribution in [0.2, 0.25) is 0 Å². The molecule has 1 aliphatic heterocycles. The second-order valence-electron chi connectivity index (χ2n) is 3.43. The topological polar surface area (TPSA) is 55.6 Å². The maximum absolute atomic E-state index is 11.9. The van der Waals surface area contributed by atoms with E-state index >= 15 is 0 Å². The summed E-state index contributed by atoms with van der Waals surface area (Å²) in [5.41, 5.74) is 5.89. The van der Waals surface area contributed by atoms with E-state index in [9.17, 15) is 4.79 Å². The van der Waals surface area contributed by atoms with Crippen molar-refractivity contribution in [1.29, 1.82) is 0 Å². The minimum absolute atomic E-state index is 0.000694. The fourth-order valence-electron chi connectivity index (χ4n) is 1.57. The van der Waals surface area contributed by atoms with Gasteiger partial charge in [-0.15, -0.1) is 11.3 Å². The molecular formula is C10H14N2O2S. The first-order valence-corrected chi connectivity index (χ1v) is 5.82. The van der Waals surface area contributed by atoms with Crippen molar-refractivity contribution in [3.63, 3.8) is 0 Å². The first kappa shape index (κ1) is 10.6. The Bertz CT molecular complexity index is 320. The molecule has 1 amide bonds. The van der Waals surface area contributed by atoms with E-state index < -0.39 is 6.04 Å². The number of carbonyl (C=O) groups is 1. The minimum atomic E-state index is -0.511. The van der Waals surface area contributed by atoms with Crippen molar-refractivity contribution >= 4 is 17.2 Å². The van der Waals surface area contributed by atoms with Crippen molar-refractivity contribution in [2.24, 2.45) is 5.73 Å². The maximum atomic E-state index is 11.9. The van der Waals surface area contributed by atoms with Crippen LogP contribution in [0.15, 0.2) is 17.5 Å². The summed E-state index contributed by atoms with van der Waals surface area (Å²) in [4.78, 5) is 14.6. The van der Waals surface area contributed by atoms with Crippen LogP contribution >= 0.6 is 11.3 Å². The first-order valence-electron chi connectivity index (χ1n) is 4.94. The van der Waals surface area contributed by atoms with E-state index in [0.29, 0.717) is 26.3 Å². The molecule has 1 aromatic heterocycles. The number of nitrogens with two attached hydrogens (primary N) is 1. The Morgan fingerprint density at radius 3 is 2.87 bits per heavy atom. The predicted octanol–water partition coefficient (Wildman–Crippen LogP) is 0.607. The number of amides is 1. The van der Waals surface area contributed by atoms with Gasteiger partial charge in [-0.25, -0.2) is 0 Å². The van der Waals surface area contributed by atoms with Crippen LogP contribution in [0, 0.1) is 0 Å². The molecule has 1 aromatic rings. The second-order valence-corrected chi connectivity index (χ2v) is 4.41. The van der Waals surface area contributed by atoms with Gasteiger partial charge in [0.15, 0.2) is 0 Å². The molecule has 15 heavy (non-hydrogen) atoms. The highest BCUT2D eigenvalue weighted by molar-refractivity contribution is 7.10. The zero-order chi connectivity index (χ0) is 10.7. The number of hydrogen-bond donors (Lipinski definition) is 1. The highest BCUT2D eigenvalue weighted by Gasteiger charge is 2.24. The monoisotopic (exact) mass is 226 g/mol. The smallest absolute Gasteiger partial charge is 0.245 e. The Kier molecular flexibility index (Phi) is 3.35. The van der Waals surface area contributed by atoms with Gasteiger partial charge in [0.25, 0.3) is 0 Å². The van der Waals surface area contributed by atoms with Crippen LogP contribution in [0.1, 0.15) is 10.9 Å². The predicted molar refractivity (Wildman–Crippen MR) is 58.6 cm³/mol. The van der Waals surface area contributed by atoms with Crippen molar-refractivity contribution < 1.29 is 9.53 Å². The summed E-state index contributed by atoms with van der Waals surface area (Å²) in [6.07, 6.45) is 0. The fraction of sp³-hybridized carbons (Fsp3) is 0.500. The van der Waals surface area contributed by atoms with Gasteiger partial charge in [-0.1, -0.05) is 6.07 Å². The van der Waals surface area contributed by atoms with Crippen LogP contribution in [-0.4, -0.2) is 37.1 Å². The van der Waals surface area contributed by atoms with Crippen molar-refractivity contribution in [2.45, 2.75) is 6.04 Å². The normalized spacial score (nSPS) is 18.9. The lowest BCUT2D eigenvalue weighted by Gasteiger charge is -2.28. The Morgan fingerprint density at radius 2 is 2.27 bits per heavy atom. The summed E-state index contributed by atoms with van der Waals surface area (Å²) in [6, 6.07) is 3.29. The van der Waals surface area contributed by atoms with Crippen LogP contribution in [0.3, 0.4) is 0 Å². The van der Waals surface area contributed by atoms with E-state index in [1.807, 2.05) is 17.5 Å². The molecule has 2 heterocycles. The van der Waals surface area contributed by atoms with Crippen molar-refractivity contribution in [3.05, 3.63) is 22.4 Å². The lowest BCUT2D eigenvalue weighted by molar-refractivity contribution is -0.136. The van der Waals surface area contributed by atoms with Crippen LogP contribution in [0.5, 0.6) is 0 Å². The number of rotatable bonds is 2. The molecule has 5 heteroatoms. The third-order valence-corrected chi connectivity index (χ3v) is 3.39. The number of ether oxygens (including phenoxy) is 1. The molecular weight excluding hydrogens is 212 g/mol. The number of thiophene rings is 1. The lowest BCUT2D eigenvalue weighted by atomic mass is 10.2. The van der Waals surface area contributed by atoms with Crippen LogP contribution < -0.4 is 5.73 Å². The average Bonchev–Trinajstić information content (AvgIpc) is 2.82. The number of nitrogens with zero attached hydrogens (tertiary/aromatic N) is 1. The molecule has 1 unspecified atom stereocenters. The van der Waals surface area contributed by atoms with Gasteiger partial charge < -0.3 is 15.4 Å². The van der Waals surface area contributed by atoms with E-state index in [-0.39, 0.29) is 5.91 Å². The van der Waals surface area contributed by atoms with E-state index in [0.717, 1.165) is 4.88 Å². The Labute approximate surface area is 92.6 Å². The largest absolute Gasteiger partial charge is 0.378 e. The second kappa shape index (κ2) is 4.74. The molecule has 1 aliphatic rings. The maximum Gasteiger partial charge on any atom is 0.245 e.